The Morgan fingerprint density at radius 1 is 1.17 bits per heavy atom. The average molecular weight is 245 g/mol. The van der Waals surface area contributed by atoms with Crippen LogP contribution in [0.5, 0.6) is 5.75 Å². The molecule has 0 saturated heterocycles. The summed E-state index contributed by atoms with van der Waals surface area (Å²) in [5, 5.41) is 13.0. The highest BCUT2D eigenvalue weighted by molar-refractivity contribution is 5.48. The lowest BCUT2D eigenvalue weighted by Crippen LogP contribution is -2.07. The number of aryl methyl sites for hydroxylation is 1. The molecule has 0 bridgehead atoms. The minimum Gasteiger partial charge on any atom is -0.508 e. The summed E-state index contributed by atoms with van der Waals surface area (Å²) in [6.07, 6.45) is 0. The van der Waals surface area contributed by atoms with Crippen molar-refractivity contribution in [3.63, 3.8) is 0 Å². The number of benzene rings is 2. The molecule has 2 N–H and O–H groups in total. The number of hydrogen-bond acceptors (Lipinski definition) is 2. The van der Waals surface area contributed by atoms with Crippen LogP contribution in [0.2, 0.25) is 0 Å². The molecule has 2 rings (SSSR count). The highest BCUT2D eigenvalue weighted by atomic mass is 19.1. The summed E-state index contributed by atoms with van der Waals surface area (Å²) < 4.78 is 13.1. The van der Waals surface area contributed by atoms with Crippen molar-refractivity contribution in [3.05, 3.63) is 59.4 Å². The van der Waals surface area contributed by atoms with Crippen molar-refractivity contribution in [2.45, 2.75) is 19.9 Å². The van der Waals surface area contributed by atoms with Crippen LogP contribution in [0.15, 0.2) is 42.5 Å². The van der Waals surface area contributed by atoms with E-state index in [2.05, 4.69) is 5.32 Å². The maximum absolute atomic E-state index is 13.1. The van der Waals surface area contributed by atoms with E-state index in [1.807, 2.05) is 26.0 Å². The van der Waals surface area contributed by atoms with Gasteiger partial charge in [0, 0.05) is 11.3 Å². The van der Waals surface area contributed by atoms with E-state index in [4.69, 9.17) is 0 Å². The van der Waals surface area contributed by atoms with Gasteiger partial charge in [0.25, 0.3) is 0 Å². The fourth-order valence-electron chi connectivity index (χ4n) is 1.93. The molecule has 0 spiro atoms. The molecule has 0 aromatic heterocycles. The lowest BCUT2D eigenvalue weighted by molar-refractivity contribution is 0.465. The van der Waals surface area contributed by atoms with Crippen LogP contribution in [0, 0.1) is 12.7 Å². The highest BCUT2D eigenvalue weighted by Crippen LogP contribution is 2.27. The molecule has 0 amide bonds. The Morgan fingerprint density at radius 3 is 2.61 bits per heavy atom. The largest absolute Gasteiger partial charge is 0.508 e. The van der Waals surface area contributed by atoms with Crippen LogP contribution in [0.25, 0.3) is 0 Å². The molecule has 0 heterocycles. The van der Waals surface area contributed by atoms with Gasteiger partial charge in [-0.05, 0) is 43.7 Å². The Labute approximate surface area is 106 Å². The second-order valence-corrected chi connectivity index (χ2v) is 4.44. The van der Waals surface area contributed by atoms with Crippen LogP contribution in [0.4, 0.5) is 10.1 Å². The van der Waals surface area contributed by atoms with Gasteiger partial charge in [-0.3, -0.25) is 0 Å². The van der Waals surface area contributed by atoms with Crippen molar-refractivity contribution >= 4 is 5.69 Å². The third-order valence-corrected chi connectivity index (χ3v) is 2.86. The van der Waals surface area contributed by atoms with Crippen LogP contribution < -0.4 is 5.32 Å². The minimum atomic E-state index is -0.277. The highest BCUT2D eigenvalue weighted by Gasteiger charge is 2.10. The first-order chi connectivity index (χ1) is 8.56. The van der Waals surface area contributed by atoms with Gasteiger partial charge in [-0.2, -0.15) is 0 Å². The van der Waals surface area contributed by atoms with E-state index in [1.165, 1.54) is 12.1 Å². The van der Waals surface area contributed by atoms with Gasteiger partial charge in [-0.15, -0.1) is 0 Å². The lowest BCUT2D eigenvalue weighted by atomic mass is 10.0. The van der Waals surface area contributed by atoms with Crippen LogP contribution in [-0.2, 0) is 0 Å². The van der Waals surface area contributed by atoms with Crippen LogP contribution in [0.1, 0.15) is 24.1 Å². The summed E-state index contributed by atoms with van der Waals surface area (Å²) in [5.41, 5.74) is 2.50. The van der Waals surface area contributed by atoms with Gasteiger partial charge in [-0.25, -0.2) is 4.39 Å². The minimum absolute atomic E-state index is 0.0904. The molecule has 94 valence electrons. The van der Waals surface area contributed by atoms with Gasteiger partial charge in [0.15, 0.2) is 0 Å². The predicted octanol–water partition coefficient (Wildman–Crippen LogP) is 4.01. The molecule has 2 nitrogen and oxygen atoms in total. The molecule has 0 radical (unpaired) electrons. The summed E-state index contributed by atoms with van der Waals surface area (Å²) in [4.78, 5) is 0. The van der Waals surface area contributed by atoms with Crippen LogP contribution in [0.3, 0.4) is 0 Å². The van der Waals surface area contributed by atoms with Gasteiger partial charge < -0.3 is 10.4 Å². The van der Waals surface area contributed by atoms with Crippen molar-refractivity contribution in [2.24, 2.45) is 0 Å². The van der Waals surface area contributed by atoms with Crippen molar-refractivity contribution in [1.82, 2.24) is 0 Å². The van der Waals surface area contributed by atoms with E-state index in [1.54, 1.807) is 18.2 Å². The van der Waals surface area contributed by atoms with E-state index in [0.717, 1.165) is 11.1 Å². The first kappa shape index (κ1) is 12.4. The topological polar surface area (TPSA) is 32.3 Å². The van der Waals surface area contributed by atoms with Crippen LogP contribution in [-0.4, -0.2) is 5.11 Å². The molecule has 1 atom stereocenters. The Kier molecular flexibility index (Phi) is 3.51. The summed E-state index contributed by atoms with van der Waals surface area (Å²) in [5.74, 6) is -0.0215. The zero-order valence-electron chi connectivity index (χ0n) is 10.4. The predicted molar refractivity (Wildman–Crippen MR) is 71.3 cm³/mol. The molecule has 0 saturated carbocycles. The maximum Gasteiger partial charge on any atom is 0.125 e. The molecule has 2 aromatic rings. The van der Waals surface area contributed by atoms with E-state index >= 15 is 0 Å². The number of nitrogens with one attached hydrogen (secondary N) is 1. The second kappa shape index (κ2) is 5.08. The smallest absolute Gasteiger partial charge is 0.125 e. The Bertz CT molecular complexity index is 554. The number of rotatable bonds is 3. The monoisotopic (exact) mass is 245 g/mol. The molecule has 3 heteroatoms. The van der Waals surface area contributed by atoms with E-state index in [9.17, 15) is 9.50 Å². The molecule has 2 aromatic carbocycles. The first-order valence-electron chi connectivity index (χ1n) is 5.88. The standard InChI is InChI=1S/C15H16FNO/c1-10-6-7-14(15(18)8-10)11(2)17-13-5-3-4-12(16)9-13/h3-9,11,17-18H,1-2H3. The number of halogens is 1. The van der Waals surface area contributed by atoms with Gasteiger partial charge >= 0.3 is 0 Å². The third-order valence-electron chi connectivity index (χ3n) is 2.86. The number of anilines is 1. The zero-order valence-corrected chi connectivity index (χ0v) is 10.4. The zero-order chi connectivity index (χ0) is 13.1. The lowest BCUT2D eigenvalue weighted by Gasteiger charge is -2.17. The average Bonchev–Trinajstić information content (AvgIpc) is 2.28. The summed E-state index contributed by atoms with van der Waals surface area (Å²) in [7, 11) is 0. The second-order valence-electron chi connectivity index (χ2n) is 4.44. The molecule has 0 aliphatic heterocycles. The molecular weight excluding hydrogens is 229 g/mol. The Morgan fingerprint density at radius 2 is 1.94 bits per heavy atom. The van der Waals surface area contributed by atoms with E-state index in [-0.39, 0.29) is 17.6 Å². The Balaban J connectivity index is 2.19. The fraction of sp³-hybridized carbons (Fsp3) is 0.200. The SMILES string of the molecule is Cc1ccc(C(C)Nc2cccc(F)c2)c(O)c1. The molecule has 0 aliphatic carbocycles. The number of phenols is 1. The maximum atomic E-state index is 13.1. The summed E-state index contributed by atoms with van der Waals surface area (Å²) in [6, 6.07) is 11.7. The summed E-state index contributed by atoms with van der Waals surface area (Å²) in [6.45, 7) is 3.85. The number of hydrogen-bond donors (Lipinski definition) is 2. The van der Waals surface area contributed by atoms with Crippen molar-refractivity contribution in [1.29, 1.82) is 0 Å². The number of aromatic hydroxyl groups is 1. The number of phenolic OH excluding ortho intramolecular Hbond substituents is 1. The molecule has 0 fully saturated rings. The van der Waals surface area contributed by atoms with Crippen molar-refractivity contribution < 1.29 is 9.50 Å². The third kappa shape index (κ3) is 2.80. The van der Waals surface area contributed by atoms with Gasteiger partial charge in [-0.1, -0.05) is 18.2 Å². The molecule has 0 aliphatic rings. The normalized spacial score (nSPS) is 12.2. The quantitative estimate of drug-likeness (QED) is 0.856. The van der Waals surface area contributed by atoms with Crippen molar-refractivity contribution in [2.75, 3.05) is 5.32 Å². The summed E-state index contributed by atoms with van der Waals surface area (Å²) >= 11 is 0. The van der Waals surface area contributed by atoms with Crippen molar-refractivity contribution in [3.8, 4) is 5.75 Å². The Hall–Kier alpha value is -2.03. The molecular formula is C15H16FNO. The van der Waals surface area contributed by atoms with Gasteiger partial charge in [0.05, 0.1) is 6.04 Å². The molecule has 18 heavy (non-hydrogen) atoms. The van der Waals surface area contributed by atoms with E-state index < -0.39 is 0 Å². The van der Waals surface area contributed by atoms with Gasteiger partial charge in [0.1, 0.15) is 11.6 Å². The first-order valence-corrected chi connectivity index (χ1v) is 5.88. The molecule has 1 unspecified atom stereocenters. The van der Waals surface area contributed by atoms with Gasteiger partial charge in [0.2, 0.25) is 0 Å². The fourth-order valence-corrected chi connectivity index (χ4v) is 1.93. The van der Waals surface area contributed by atoms with Crippen LogP contribution >= 0.6 is 0 Å². The van der Waals surface area contributed by atoms with E-state index in [0.29, 0.717) is 5.69 Å².